The van der Waals surface area contributed by atoms with Gasteiger partial charge in [-0.25, -0.2) is 9.79 Å². The molecule has 7 nitrogen and oxygen atoms in total. The van der Waals surface area contributed by atoms with Gasteiger partial charge >= 0.3 is 6.09 Å². The number of nitrogens with zero attached hydrogens (tertiary/aromatic N) is 2. The van der Waals surface area contributed by atoms with Crippen LogP contribution in [0.3, 0.4) is 0 Å². The van der Waals surface area contributed by atoms with Gasteiger partial charge in [0.05, 0.1) is 18.2 Å². The molecule has 1 amide bonds. The van der Waals surface area contributed by atoms with E-state index in [1.165, 1.54) is 0 Å². The van der Waals surface area contributed by atoms with Gasteiger partial charge in [0.1, 0.15) is 12.4 Å². The van der Waals surface area contributed by atoms with Crippen LogP contribution in [0.2, 0.25) is 5.02 Å². The fourth-order valence-corrected chi connectivity index (χ4v) is 2.75. The standard InChI is InChI=1S/C17H25ClN4O3.HI/c1-2-24-17(23)22-10-7-13(8-11-22)21-16(19)20-9-12-25-15-6-4-3-5-14(15)18;/h3-6,13H,2,7-12H2,1H3,(H3,19,20,21);1H. The van der Waals surface area contributed by atoms with Crippen molar-refractivity contribution in [1.29, 1.82) is 0 Å². The first-order valence-electron chi connectivity index (χ1n) is 8.45. The predicted molar refractivity (Wildman–Crippen MR) is 114 cm³/mol. The lowest BCUT2D eigenvalue weighted by molar-refractivity contribution is 0.0963. The number of amides is 1. The summed E-state index contributed by atoms with van der Waals surface area (Å²) in [4.78, 5) is 17.6. The number of aliphatic imine (C=N–C) groups is 1. The second-order valence-electron chi connectivity index (χ2n) is 5.65. The summed E-state index contributed by atoms with van der Waals surface area (Å²) in [5.41, 5.74) is 5.91. The van der Waals surface area contributed by atoms with Gasteiger partial charge in [-0.3, -0.25) is 0 Å². The van der Waals surface area contributed by atoms with E-state index < -0.39 is 0 Å². The van der Waals surface area contributed by atoms with Crippen molar-refractivity contribution in [3.63, 3.8) is 0 Å². The van der Waals surface area contributed by atoms with Crippen LogP contribution in [0.4, 0.5) is 4.79 Å². The van der Waals surface area contributed by atoms with E-state index in [1.807, 2.05) is 18.2 Å². The number of carbonyl (C=O) groups is 1. The van der Waals surface area contributed by atoms with Crippen LogP contribution in [0, 0.1) is 0 Å². The van der Waals surface area contributed by atoms with Gasteiger partial charge in [0, 0.05) is 19.1 Å². The molecule has 3 N–H and O–H groups in total. The largest absolute Gasteiger partial charge is 0.490 e. The van der Waals surface area contributed by atoms with E-state index in [4.69, 9.17) is 26.8 Å². The lowest BCUT2D eigenvalue weighted by atomic mass is 10.1. The normalized spacial score (nSPS) is 15.2. The molecule has 146 valence electrons. The van der Waals surface area contributed by atoms with Crippen LogP contribution in [-0.4, -0.2) is 55.8 Å². The van der Waals surface area contributed by atoms with Gasteiger partial charge in [-0.2, -0.15) is 0 Å². The molecule has 0 atom stereocenters. The molecule has 2 rings (SSSR count). The van der Waals surface area contributed by atoms with E-state index in [-0.39, 0.29) is 36.1 Å². The molecule has 1 saturated heterocycles. The predicted octanol–water partition coefficient (Wildman–Crippen LogP) is 2.86. The van der Waals surface area contributed by atoms with Crippen molar-refractivity contribution < 1.29 is 14.3 Å². The Hall–Kier alpha value is -1.42. The van der Waals surface area contributed by atoms with Crippen molar-refractivity contribution in [3.05, 3.63) is 29.3 Å². The molecule has 9 heteroatoms. The van der Waals surface area contributed by atoms with Crippen molar-refractivity contribution in [3.8, 4) is 5.75 Å². The van der Waals surface area contributed by atoms with Gasteiger partial charge in [-0.05, 0) is 31.9 Å². The van der Waals surface area contributed by atoms with Gasteiger partial charge in [-0.15, -0.1) is 24.0 Å². The van der Waals surface area contributed by atoms with E-state index in [0.717, 1.165) is 12.8 Å². The summed E-state index contributed by atoms with van der Waals surface area (Å²) in [6.07, 6.45) is 1.37. The van der Waals surface area contributed by atoms with Gasteiger partial charge in [0.2, 0.25) is 0 Å². The van der Waals surface area contributed by atoms with Gasteiger partial charge < -0.3 is 25.4 Å². The molecular formula is C17H26ClIN4O3. The number of nitrogens with two attached hydrogens (primary N) is 1. The highest BCUT2D eigenvalue weighted by molar-refractivity contribution is 14.0. The number of likely N-dealkylation sites (tertiary alicyclic amines) is 1. The van der Waals surface area contributed by atoms with Gasteiger partial charge in [0.25, 0.3) is 0 Å². The van der Waals surface area contributed by atoms with E-state index >= 15 is 0 Å². The molecule has 1 aromatic rings. The van der Waals surface area contributed by atoms with E-state index in [2.05, 4.69) is 10.3 Å². The number of piperidine rings is 1. The number of hydrogen-bond acceptors (Lipinski definition) is 4. The molecule has 0 bridgehead atoms. The molecule has 0 spiro atoms. The smallest absolute Gasteiger partial charge is 0.409 e. The first kappa shape index (κ1) is 22.6. The molecule has 0 aliphatic carbocycles. The number of nitrogens with one attached hydrogen (secondary N) is 1. The van der Waals surface area contributed by atoms with E-state index in [9.17, 15) is 4.79 Å². The average molecular weight is 497 g/mol. The second-order valence-corrected chi connectivity index (χ2v) is 6.06. The van der Waals surface area contributed by atoms with Gasteiger partial charge in [0.15, 0.2) is 5.96 Å². The van der Waals surface area contributed by atoms with Crippen LogP contribution < -0.4 is 15.8 Å². The SMILES string of the molecule is CCOC(=O)N1CCC(NC(N)=NCCOc2ccccc2Cl)CC1.I. The number of hydrogen-bond donors (Lipinski definition) is 2. The van der Waals surface area contributed by atoms with E-state index in [0.29, 0.717) is 49.6 Å². The fourth-order valence-electron chi connectivity index (χ4n) is 2.56. The summed E-state index contributed by atoms with van der Waals surface area (Å²) in [6, 6.07) is 7.51. The summed E-state index contributed by atoms with van der Waals surface area (Å²) < 4.78 is 10.6. The number of halogens is 2. The Balaban J connectivity index is 0.00000338. The van der Waals surface area contributed by atoms with Crippen molar-refractivity contribution in [2.75, 3.05) is 32.8 Å². The quantitative estimate of drug-likeness (QED) is 0.274. The topological polar surface area (TPSA) is 89.2 Å². The average Bonchev–Trinajstić information content (AvgIpc) is 2.61. The Morgan fingerprint density at radius 1 is 1.38 bits per heavy atom. The van der Waals surface area contributed by atoms with E-state index in [1.54, 1.807) is 17.9 Å². The zero-order valence-corrected chi connectivity index (χ0v) is 17.9. The van der Waals surface area contributed by atoms with Crippen molar-refractivity contribution in [2.45, 2.75) is 25.8 Å². The molecule has 0 radical (unpaired) electrons. The number of carbonyl (C=O) groups excluding carboxylic acids is 1. The van der Waals surface area contributed by atoms with Crippen molar-refractivity contribution in [1.82, 2.24) is 10.2 Å². The minimum Gasteiger partial charge on any atom is -0.490 e. The molecular weight excluding hydrogens is 471 g/mol. The zero-order chi connectivity index (χ0) is 18.1. The molecule has 1 aromatic carbocycles. The molecule has 26 heavy (non-hydrogen) atoms. The highest BCUT2D eigenvalue weighted by Gasteiger charge is 2.23. The minimum atomic E-state index is -0.251. The first-order valence-corrected chi connectivity index (χ1v) is 8.83. The van der Waals surface area contributed by atoms with Crippen LogP contribution >= 0.6 is 35.6 Å². The maximum atomic E-state index is 11.7. The number of guanidine groups is 1. The molecule has 1 aliphatic heterocycles. The molecule has 0 saturated carbocycles. The maximum Gasteiger partial charge on any atom is 0.409 e. The molecule has 1 aliphatic rings. The third kappa shape index (κ3) is 7.45. The Morgan fingerprint density at radius 2 is 2.08 bits per heavy atom. The summed E-state index contributed by atoms with van der Waals surface area (Å²) in [5.74, 6) is 1.02. The fraction of sp³-hybridized carbons (Fsp3) is 0.529. The first-order chi connectivity index (χ1) is 12.1. The molecule has 0 aromatic heterocycles. The number of rotatable bonds is 6. The summed E-state index contributed by atoms with van der Waals surface area (Å²) in [7, 11) is 0. The Kier molecular flexibility index (Phi) is 10.5. The molecule has 1 fully saturated rings. The second kappa shape index (κ2) is 12.1. The van der Waals surface area contributed by atoms with Gasteiger partial charge in [-0.1, -0.05) is 23.7 Å². The van der Waals surface area contributed by atoms with Crippen LogP contribution in [0.5, 0.6) is 5.75 Å². The lowest BCUT2D eigenvalue weighted by Crippen LogP contribution is -2.48. The van der Waals surface area contributed by atoms with Crippen LogP contribution in [0.25, 0.3) is 0 Å². The third-order valence-electron chi connectivity index (χ3n) is 3.84. The summed E-state index contributed by atoms with van der Waals surface area (Å²) in [6.45, 7) is 4.34. The maximum absolute atomic E-state index is 11.7. The van der Waals surface area contributed by atoms with Crippen LogP contribution in [-0.2, 0) is 4.74 Å². The minimum absolute atomic E-state index is 0. The summed E-state index contributed by atoms with van der Waals surface area (Å²) >= 11 is 6.01. The highest BCUT2D eigenvalue weighted by Crippen LogP contribution is 2.22. The highest BCUT2D eigenvalue weighted by atomic mass is 127. The Morgan fingerprint density at radius 3 is 2.73 bits per heavy atom. The Bertz CT molecular complexity index is 595. The monoisotopic (exact) mass is 496 g/mol. The van der Waals surface area contributed by atoms with Crippen LogP contribution in [0.15, 0.2) is 29.3 Å². The van der Waals surface area contributed by atoms with Crippen molar-refractivity contribution in [2.24, 2.45) is 10.7 Å². The summed E-state index contributed by atoms with van der Waals surface area (Å²) in [5, 5.41) is 3.76. The number of para-hydroxylation sites is 1. The Labute approximate surface area is 176 Å². The lowest BCUT2D eigenvalue weighted by Gasteiger charge is -2.31. The molecule has 1 heterocycles. The van der Waals surface area contributed by atoms with Crippen molar-refractivity contribution >= 4 is 47.6 Å². The third-order valence-corrected chi connectivity index (χ3v) is 4.15. The molecule has 0 unspecified atom stereocenters. The zero-order valence-electron chi connectivity index (χ0n) is 14.8. The number of ether oxygens (including phenoxy) is 2. The van der Waals surface area contributed by atoms with Crippen LogP contribution in [0.1, 0.15) is 19.8 Å². The number of benzene rings is 1.